The van der Waals surface area contributed by atoms with Gasteiger partial charge in [0.2, 0.25) is 0 Å². The van der Waals surface area contributed by atoms with Crippen LogP contribution in [0.3, 0.4) is 0 Å². The maximum atomic E-state index is 13.6. The number of benzene rings is 3. The molecule has 0 atom stereocenters. The first kappa shape index (κ1) is 24.0. The number of anilines is 1. The number of hydrogen-bond donors (Lipinski definition) is 1. The van der Waals surface area contributed by atoms with Gasteiger partial charge in [-0.1, -0.05) is 45.8 Å². The van der Waals surface area contributed by atoms with E-state index >= 15 is 0 Å². The van der Waals surface area contributed by atoms with Gasteiger partial charge in [0.1, 0.15) is 5.82 Å². The summed E-state index contributed by atoms with van der Waals surface area (Å²) in [5, 5.41) is 12.4. The first-order valence-corrected chi connectivity index (χ1v) is 11.0. The summed E-state index contributed by atoms with van der Waals surface area (Å²) in [4.78, 5) is 12.3. The third kappa shape index (κ3) is 6.67. The van der Waals surface area contributed by atoms with E-state index in [-0.39, 0.29) is 12.5 Å². The van der Waals surface area contributed by atoms with Gasteiger partial charge in [0.15, 0.2) is 18.1 Å². The van der Waals surface area contributed by atoms with E-state index in [2.05, 4.69) is 27.3 Å². The lowest BCUT2D eigenvalue weighted by Crippen LogP contribution is -2.20. The highest BCUT2D eigenvalue weighted by Crippen LogP contribution is 2.35. The highest BCUT2D eigenvalue weighted by atomic mass is 79.9. The largest absolute Gasteiger partial charge is 0.490 e. The second-order valence-electron chi connectivity index (χ2n) is 7.14. The number of hydrogen-bond acceptors (Lipinski definition) is 4. The van der Waals surface area contributed by atoms with Crippen molar-refractivity contribution < 1.29 is 18.7 Å². The van der Waals surface area contributed by atoms with E-state index in [1.165, 1.54) is 12.1 Å². The number of nitriles is 1. The quantitative estimate of drug-likeness (QED) is 0.283. The third-order valence-electron chi connectivity index (χ3n) is 4.61. The molecule has 0 fully saturated rings. The maximum Gasteiger partial charge on any atom is 0.262 e. The summed E-state index contributed by atoms with van der Waals surface area (Å²) < 4.78 is 25.6. The van der Waals surface area contributed by atoms with Crippen molar-refractivity contribution in [2.45, 2.75) is 13.8 Å². The number of aryl methyl sites for hydroxylation is 1. The van der Waals surface area contributed by atoms with Crippen molar-refractivity contribution in [1.82, 2.24) is 0 Å². The van der Waals surface area contributed by atoms with Gasteiger partial charge in [-0.3, -0.25) is 4.79 Å². The van der Waals surface area contributed by atoms with Gasteiger partial charge in [0.25, 0.3) is 5.91 Å². The van der Waals surface area contributed by atoms with Gasteiger partial charge in [0.05, 0.1) is 18.2 Å². The van der Waals surface area contributed by atoms with Crippen LogP contribution in [0.5, 0.6) is 11.5 Å². The molecule has 7 heteroatoms. The van der Waals surface area contributed by atoms with Gasteiger partial charge in [-0.05, 0) is 67.4 Å². The van der Waals surface area contributed by atoms with E-state index in [0.29, 0.717) is 45.0 Å². The predicted octanol–water partition coefficient (Wildman–Crippen LogP) is 6.38. The van der Waals surface area contributed by atoms with Crippen molar-refractivity contribution >= 4 is 39.2 Å². The van der Waals surface area contributed by atoms with Crippen LogP contribution in [0.25, 0.3) is 11.6 Å². The molecule has 0 saturated carbocycles. The Kier molecular flexibility index (Phi) is 8.22. The summed E-state index contributed by atoms with van der Waals surface area (Å²) >= 11 is 3.48. The van der Waals surface area contributed by atoms with Crippen molar-refractivity contribution in [3.63, 3.8) is 0 Å². The minimum absolute atomic E-state index is 0.206. The highest BCUT2D eigenvalue weighted by Gasteiger charge is 2.13. The van der Waals surface area contributed by atoms with Crippen LogP contribution in [0, 0.1) is 24.1 Å². The summed E-state index contributed by atoms with van der Waals surface area (Å²) in [6.07, 6.45) is 1.63. The Bertz CT molecular complexity index is 1220. The van der Waals surface area contributed by atoms with Crippen LogP contribution >= 0.6 is 15.9 Å². The lowest BCUT2D eigenvalue weighted by atomic mass is 10.0. The highest BCUT2D eigenvalue weighted by molar-refractivity contribution is 9.10. The molecule has 5 nitrogen and oxygen atoms in total. The van der Waals surface area contributed by atoms with Crippen LogP contribution in [0.4, 0.5) is 10.1 Å². The van der Waals surface area contributed by atoms with Crippen molar-refractivity contribution in [3.05, 3.63) is 87.6 Å². The summed E-state index contributed by atoms with van der Waals surface area (Å²) in [6, 6.07) is 18.8. The Morgan fingerprint density at radius 3 is 2.52 bits per heavy atom. The molecule has 3 aromatic rings. The zero-order valence-electron chi connectivity index (χ0n) is 18.2. The normalized spacial score (nSPS) is 10.9. The van der Waals surface area contributed by atoms with Crippen LogP contribution in [-0.4, -0.2) is 19.1 Å². The van der Waals surface area contributed by atoms with Crippen LogP contribution in [0.1, 0.15) is 23.6 Å². The molecule has 0 aliphatic heterocycles. The topological polar surface area (TPSA) is 71.3 Å². The second kappa shape index (κ2) is 11.3. The molecule has 3 rings (SSSR count). The smallest absolute Gasteiger partial charge is 0.262 e. The van der Waals surface area contributed by atoms with E-state index in [0.717, 1.165) is 5.56 Å². The number of carbonyl (C=O) groups is 1. The maximum absolute atomic E-state index is 13.6. The number of nitrogens with one attached hydrogen (secondary N) is 1. The van der Waals surface area contributed by atoms with Crippen LogP contribution in [-0.2, 0) is 4.79 Å². The molecule has 1 N–H and O–H groups in total. The molecule has 0 spiro atoms. The minimum Gasteiger partial charge on any atom is -0.490 e. The number of allylic oxidation sites excluding steroid dienone is 1. The fraction of sp³-hybridized carbons (Fsp3) is 0.154. The fourth-order valence-electron chi connectivity index (χ4n) is 3.01. The molecular weight excluding hydrogens is 487 g/mol. The van der Waals surface area contributed by atoms with Gasteiger partial charge in [-0.25, -0.2) is 4.39 Å². The summed E-state index contributed by atoms with van der Waals surface area (Å²) in [5.41, 5.74) is 3.19. The first-order chi connectivity index (χ1) is 15.9. The number of amides is 1. The molecule has 3 aromatic carbocycles. The number of carbonyl (C=O) groups excluding carboxylic acids is 1. The summed E-state index contributed by atoms with van der Waals surface area (Å²) in [7, 11) is 0. The number of ether oxygens (including phenoxy) is 2. The molecule has 0 unspecified atom stereocenters. The van der Waals surface area contributed by atoms with E-state index in [1.54, 1.807) is 30.3 Å². The molecule has 168 valence electrons. The minimum atomic E-state index is -0.421. The molecule has 1 amide bonds. The predicted molar refractivity (Wildman–Crippen MR) is 130 cm³/mol. The molecule has 0 aliphatic rings. The molecule has 0 bridgehead atoms. The third-order valence-corrected chi connectivity index (χ3v) is 5.30. The van der Waals surface area contributed by atoms with Crippen LogP contribution < -0.4 is 14.8 Å². The molecular formula is C26H22BrFN2O3. The van der Waals surface area contributed by atoms with Crippen molar-refractivity contribution in [2.24, 2.45) is 0 Å². The second-order valence-corrected chi connectivity index (χ2v) is 7.99. The average molecular weight is 509 g/mol. The Balaban J connectivity index is 1.81. The van der Waals surface area contributed by atoms with Crippen LogP contribution in [0.2, 0.25) is 0 Å². The zero-order chi connectivity index (χ0) is 23.8. The Morgan fingerprint density at radius 1 is 1.12 bits per heavy atom. The molecule has 33 heavy (non-hydrogen) atoms. The standard InChI is InChI=1S/C26H22BrFN2O3/c1-3-32-24-13-19(11-20(15-29)18-5-4-6-21(28)12-18)23(27)14-25(24)33-16-26(31)30-22-9-7-17(2)8-10-22/h4-14H,3,16H2,1-2H3,(H,30,31)/b20-11-. The zero-order valence-corrected chi connectivity index (χ0v) is 19.8. The SMILES string of the molecule is CCOc1cc(/C=C(/C#N)c2cccc(F)c2)c(Br)cc1OCC(=O)Nc1ccc(C)cc1. The lowest BCUT2D eigenvalue weighted by Gasteiger charge is -2.14. The van der Waals surface area contributed by atoms with Gasteiger partial charge < -0.3 is 14.8 Å². The Hall–Kier alpha value is -3.63. The van der Waals surface area contributed by atoms with Gasteiger partial charge in [-0.15, -0.1) is 0 Å². The van der Waals surface area contributed by atoms with E-state index in [1.807, 2.05) is 38.1 Å². The monoisotopic (exact) mass is 508 g/mol. The summed E-state index contributed by atoms with van der Waals surface area (Å²) in [5.74, 6) is 0.0745. The number of nitrogens with zero attached hydrogens (tertiary/aromatic N) is 1. The van der Waals surface area contributed by atoms with Gasteiger partial charge in [0, 0.05) is 10.2 Å². The average Bonchev–Trinajstić information content (AvgIpc) is 2.79. The fourth-order valence-corrected chi connectivity index (χ4v) is 3.45. The van der Waals surface area contributed by atoms with Crippen molar-refractivity contribution in [2.75, 3.05) is 18.5 Å². The molecule has 0 heterocycles. The Labute approximate surface area is 200 Å². The molecule has 0 aromatic heterocycles. The lowest BCUT2D eigenvalue weighted by molar-refractivity contribution is -0.118. The number of rotatable bonds is 8. The van der Waals surface area contributed by atoms with Crippen molar-refractivity contribution in [1.29, 1.82) is 5.26 Å². The van der Waals surface area contributed by atoms with Gasteiger partial charge >= 0.3 is 0 Å². The van der Waals surface area contributed by atoms with Gasteiger partial charge in [-0.2, -0.15) is 5.26 Å². The molecule has 0 radical (unpaired) electrons. The van der Waals surface area contributed by atoms with Crippen LogP contribution in [0.15, 0.2) is 65.1 Å². The first-order valence-electron chi connectivity index (χ1n) is 10.2. The molecule has 0 aliphatic carbocycles. The summed E-state index contributed by atoms with van der Waals surface area (Å²) in [6.45, 7) is 3.98. The van der Waals surface area contributed by atoms with E-state index in [4.69, 9.17) is 9.47 Å². The van der Waals surface area contributed by atoms with E-state index < -0.39 is 5.82 Å². The van der Waals surface area contributed by atoms with E-state index in [9.17, 15) is 14.4 Å². The number of halogens is 2. The molecule has 0 saturated heterocycles. The Morgan fingerprint density at radius 2 is 1.85 bits per heavy atom. The van der Waals surface area contributed by atoms with Crippen molar-refractivity contribution in [3.8, 4) is 17.6 Å².